The van der Waals surface area contributed by atoms with Crippen molar-refractivity contribution in [2.24, 2.45) is 5.92 Å². The lowest BCUT2D eigenvalue weighted by Crippen LogP contribution is -2.07. The summed E-state index contributed by atoms with van der Waals surface area (Å²) in [5.74, 6) is 0.937. The molecule has 0 saturated heterocycles. The van der Waals surface area contributed by atoms with Crippen molar-refractivity contribution in [3.8, 4) is 11.3 Å². The number of benzene rings is 2. The predicted molar refractivity (Wildman–Crippen MR) is 97.5 cm³/mol. The molecule has 4 aromatic rings. The Balaban J connectivity index is 1.97. The van der Waals surface area contributed by atoms with Crippen molar-refractivity contribution < 1.29 is 0 Å². The molecular formula is C19H19N5. The zero-order chi connectivity index (χ0) is 16.7. The third-order valence-electron chi connectivity index (χ3n) is 4.12. The van der Waals surface area contributed by atoms with Gasteiger partial charge < -0.3 is 5.73 Å². The molecule has 5 heteroatoms. The van der Waals surface area contributed by atoms with Gasteiger partial charge in [-0.1, -0.05) is 50.2 Å². The number of hydrogen-bond donors (Lipinski definition) is 1. The molecular weight excluding hydrogens is 298 g/mol. The average Bonchev–Trinajstić information content (AvgIpc) is 2.94. The topological polar surface area (TPSA) is 69.6 Å². The number of aromatic nitrogens is 4. The first-order chi connectivity index (χ1) is 11.6. The quantitative estimate of drug-likeness (QED) is 0.622. The highest BCUT2D eigenvalue weighted by atomic mass is 15.3. The summed E-state index contributed by atoms with van der Waals surface area (Å²) < 4.78 is 1.93. The molecule has 0 spiro atoms. The first-order valence-corrected chi connectivity index (χ1v) is 8.09. The van der Waals surface area contributed by atoms with Crippen LogP contribution in [0.25, 0.3) is 33.1 Å². The summed E-state index contributed by atoms with van der Waals surface area (Å²) in [7, 11) is 0. The van der Waals surface area contributed by atoms with E-state index in [0.717, 1.165) is 28.8 Å². The van der Waals surface area contributed by atoms with Crippen LogP contribution in [0.2, 0.25) is 0 Å². The Bertz CT molecular complexity index is 1030. The number of hydrogen-bond acceptors (Lipinski definition) is 4. The van der Waals surface area contributed by atoms with E-state index in [2.05, 4.69) is 54.1 Å². The van der Waals surface area contributed by atoms with Crippen molar-refractivity contribution in [2.75, 3.05) is 5.73 Å². The Morgan fingerprint density at radius 1 is 1.04 bits per heavy atom. The van der Waals surface area contributed by atoms with E-state index in [4.69, 9.17) is 10.8 Å². The van der Waals surface area contributed by atoms with Gasteiger partial charge in [-0.05, 0) is 22.8 Å². The van der Waals surface area contributed by atoms with Gasteiger partial charge in [0.1, 0.15) is 17.8 Å². The van der Waals surface area contributed by atoms with Crippen molar-refractivity contribution in [2.45, 2.75) is 20.4 Å². The highest BCUT2D eigenvalue weighted by molar-refractivity contribution is 6.00. The van der Waals surface area contributed by atoms with E-state index in [1.807, 2.05) is 16.8 Å². The normalized spacial score (nSPS) is 11.6. The second kappa shape index (κ2) is 5.60. The van der Waals surface area contributed by atoms with Crippen LogP contribution in [0.5, 0.6) is 0 Å². The average molecular weight is 317 g/mol. The zero-order valence-electron chi connectivity index (χ0n) is 13.8. The lowest BCUT2D eigenvalue weighted by Gasteiger charge is -2.05. The summed E-state index contributed by atoms with van der Waals surface area (Å²) in [6.07, 6.45) is 1.50. The summed E-state index contributed by atoms with van der Waals surface area (Å²) in [4.78, 5) is 8.57. The van der Waals surface area contributed by atoms with Gasteiger partial charge in [-0.2, -0.15) is 5.10 Å². The fourth-order valence-electron chi connectivity index (χ4n) is 3.04. The second-order valence-corrected chi connectivity index (χ2v) is 6.44. The largest absolute Gasteiger partial charge is 0.383 e. The van der Waals surface area contributed by atoms with Crippen LogP contribution in [0.1, 0.15) is 13.8 Å². The Kier molecular flexibility index (Phi) is 3.41. The van der Waals surface area contributed by atoms with Gasteiger partial charge in [0.05, 0.1) is 5.39 Å². The van der Waals surface area contributed by atoms with E-state index in [1.165, 1.54) is 17.1 Å². The van der Waals surface area contributed by atoms with Gasteiger partial charge in [0.2, 0.25) is 0 Å². The fourth-order valence-corrected chi connectivity index (χ4v) is 3.04. The van der Waals surface area contributed by atoms with Gasteiger partial charge in [0, 0.05) is 12.1 Å². The van der Waals surface area contributed by atoms with Crippen molar-refractivity contribution in [3.63, 3.8) is 0 Å². The third kappa shape index (κ3) is 2.38. The number of nitrogen functional groups attached to an aromatic ring is 1. The molecule has 0 fully saturated rings. The summed E-state index contributed by atoms with van der Waals surface area (Å²) >= 11 is 0. The van der Waals surface area contributed by atoms with Crippen LogP contribution in [0.3, 0.4) is 0 Å². The number of nitrogens with zero attached hydrogens (tertiary/aromatic N) is 4. The van der Waals surface area contributed by atoms with Crippen LogP contribution in [-0.2, 0) is 6.54 Å². The van der Waals surface area contributed by atoms with Crippen LogP contribution in [0.15, 0.2) is 48.8 Å². The lowest BCUT2D eigenvalue weighted by atomic mass is 10.0. The van der Waals surface area contributed by atoms with E-state index in [9.17, 15) is 0 Å². The van der Waals surface area contributed by atoms with Crippen molar-refractivity contribution in [1.29, 1.82) is 0 Å². The molecule has 24 heavy (non-hydrogen) atoms. The number of rotatable bonds is 3. The van der Waals surface area contributed by atoms with E-state index >= 15 is 0 Å². The molecule has 0 bridgehead atoms. The van der Waals surface area contributed by atoms with Crippen LogP contribution in [-0.4, -0.2) is 19.7 Å². The highest BCUT2D eigenvalue weighted by Crippen LogP contribution is 2.32. The Morgan fingerprint density at radius 3 is 2.62 bits per heavy atom. The fraction of sp³-hybridized carbons (Fsp3) is 0.211. The van der Waals surface area contributed by atoms with Crippen LogP contribution >= 0.6 is 0 Å². The maximum Gasteiger partial charge on any atom is 0.163 e. The van der Waals surface area contributed by atoms with Gasteiger partial charge in [-0.15, -0.1) is 0 Å². The van der Waals surface area contributed by atoms with Crippen LogP contribution in [0, 0.1) is 5.92 Å². The molecule has 0 radical (unpaired) electrons. The van der Waals surface area contributed by atoms with E-state index in [0.29, 0.717) is 11.7 Å². The van der Waals surface area contributed by atoms with Gasteiger partial charge in [0.25, 0.3) is 0 Å². The zero-order valence-corrected chi connectivity index (χ0v) is 13.8. The number of nitrogens with two attached hydrogens (primary N) is 1. The van der Waals surface area contributed by atoms with Crippen LogP contribution < -0.4 is 5.73 Å². The first-order valence-electron chi connectivity index (χ1n) is 8.09. The molecule has 2 aromatic heterocycles. The molecule has 120 valence electrons. The minimum absolute atomic E-state index is 0.466. The highest BCUT2D eigenvalue weighted by Gasteiger charge is 2.17. The maximum atomic E-state index is 6.15. The molecule has 0 aliphatic carbocycles. The lowest BCUT2D eigenvalue weighted by molar-refractivity contribution is 0.493. The number of anilines is 1. The summed E-state index contributed by atoms with van der Waals surface area (Å²) in [5.41, 5.74) is 8.81. The van der Waals surface area contributed by atoms with Gasteiger partial charge in [-0.25, -0.2) is 14.6 Å². The smallest absolute Gasteiger partial charge is 0.163 e. The molecule has 2 N–H and O–H groups in total. The molecule has 0 aliphatic heterocycles. The predicted octanol–water partition coefficient (Wildman–Crippen LogP) is 3.88. The molecule has 0 amide bonds. The molecule has 0 aliphatic rings. The summed E-state index contributed by atoms with van der Waals surface area (Å²) in [6.45, 7) is 5.11. The van der Waals surface area contributed by atoms with Gasteiger partial charge in [0.15, 0.2) is 5.65 Å². The molecule has 2 aromatic carbocycles. The molecule has 0 saturated carbocycles. The van der Waals surface area contributed by atoms with Gasteiger partial charge >= 0.3 is 0 Å². The van der Waals surface area contributed by atoms with Crippen LogP contribution in [0.4, 0.5) is 5.82 Å². The third-order valence-corrected chi connectivity index (χ3v) is 4.12. The van der Waals surface area contributed by atoms with Gasteiger partial charge in [-0.3, -0.25) is 0 Å². The second-order valence-electron chi connectivity index (χ2n) is 6.44. The number of fused-ring (bicyclic) bond motifs is 2. The van der Waals surface area contributed by atoms with E-state index in [1.54, 1.807) is 0 Å². The minimum atomic E-state index is 0.466. The van der Waals surface area contributed by atoms with Crippen molar-refractivity contribution >= 4 is 27.6 Å². The standard InChI is InChI=1S/C19H19N5/c1-12(2)10-24-19-16(18(20)21-11-22-19)17(23-24)15-8-7-13-5-3-4-6-14(13)9-15/h3-9,11-12H,10H2,1-2H3,(H2,20,21,22). The Morgan fingerprint density at radius 2 is 1.83 bits per heavy atom. The maximum absolute atomic E-state index is 6.15. The molecule has 0 unspecified atom stereocenters. The summed E-state index contributed by atoms with van der Waals surface area (Å²) in [6, 6.07) is 14.6. The SMILES string of the molecule is CC(C)Cn1nc(-c2ccc3ccccc3c2)c2c(N)ncnc21. The molecule has 5 nitrogen and oxygen atoms in total. The monoisotopic (exact) mass is 317 g/mol. The molecule has 0 atom stereocenters. The van der Waals surface area contributed by atoms with Crippen molar-refractivity contribution in [3.05, 3.63) is 48.8 Å². The summed E-state index contributed by atoms with van der Waals surface area (Å²) in [5, 5.41) is 8.01. The Hall–Kier alpha value is -2.95. The van der Waals surface area contributed by atoms with E-state index < -0.39 is 0 Å². The first kappa shape index (κ1) is 14.6. The minimum Gasteiger partial charge on any atom is -0.383 e. The van der Waals surface area contributed by atoms with E-state index in [-0.39, 0.29) is 0 Å². The Labute approximate surface area is 140 Å². The van der Waals surface area contributed by atoms with Crippen molar-refractivity contribution in [1.82, 2.24) is 19.7 Å². The molecule has 2 heterocycles. The molecule has 4 rings (SSSR count).